The number of aliphatic hydroxyl groups excluding tert-OH is 1. The summed E-state index contributed by atoms with van der Waals surface area (Å²) in [5.41, 5.74) is 0. The molecule has 0 aliphatic rings. The molecule has 0 aliphatic heterocycles. The fraction of sp³-hybridized carbons (Fsp3) is 0.964. The predicted octanol–water partition coefficient (Wildman–Crippen LogP) is 7.77. The monoisotopic (exact) mass is 520 g/mol. The van der Waals surface area contributed by atoms with Gasteiger partial charge in [-0.15, -0.1) is 0 Å². The van der Waals surface area contributed by atoms with Crippen molar-refractivity contribution < 1.29 is 27.6 Å². The highest BCUT2D eigenvalue weighted by atomic mass is 32.2. The van der Waals surface area contributed by atoms with Crippen molar-refractivity contribution in [2.24, 2.45) is 0 Å². The normalized spacial score (nSPS) is 13.6. The van der Waals surface area contributed by atoms with Crippen molar-refractivity contribution in [3.63, 3.8) is 0 Å². The number of unbranched alkanes of at least 4 members (excludes halogenated alkanes) is 16. The van der Waals surface area contributed by atoms with Gasteiger partial charge in [0.15, 0.2) is 0 Å². The first-order chi connectivity index (χ1) is 16.8. The van der Waals surface area contributed by atoms with Gasteiger partial charge in [0.25, 0.3) is 10.1 Å². The number of esters is 1. The maximum Gasteiger partial charge on any atom is 0.305 e. The van der Waals surface area contributed by atoms with E-state index < -0.39 is 21.5 Å². The van der Waals surface area contributed by atoms with E-state index >= 15 is 0 Å². The molecule has 0 saturated heterocycles. The summed E-state index contributed by atoms with van der Waals surface area (Å²) in [6.07, 6.45) is 20.4. The molecule has 0 spiro atoms. The molecule has 0 bridgehead atoms. The quantitative estimate of drug-likeness (QED) is 0.0686. The van der Waals surface area contributed by atoms with Crippen molar-refractivity contribution in [2.45, 2.75) is 166 Å². The van der Waals surface area contributed by atoms with Gasteiger partial charge in [-0.2, -0.15) is 8.42 Å². The number of hydrogen-bond acceptors (Lipinski definition) is 5. The second-order valence-electron chi connectivity index (χ2n) is 10.2. The predicted molar refractivity (Wildman–Crippen MR) is 145 cm³/mol. The molecule has 0 rings (SSSR count). The number of rotatable bonds is 26. The van der Waals surface area contributed by atoms with Gasteiger partial charge in [-0.3, -0.25) is 9.35 Å². The molecule has 2 unspecified atom stereocenters. The lowest BCUT2D eigenvalue weighted by Crippen LogP contribution is -2.33. The Morgan fingerprint density at radius 2 is 1.09 bits per heavy atom. The molecule has 2 N–H and O–H groups in total. The molecule has 0 aromatic rings. The summed E-state index contributed by atoms with van der Waals surface area (Å²) >= 11 is 0. The van der Waals surface area contributed by atoms with Gasteiger partial charge in [-0.25, -0.2) is 0 Å². The van der Waals surface area contributed by atoms with E-state index in [1.54, 1.807) is 0 Å². The molecule has 0 heterocycles. The van der Waals surface area contributed by atoms with Gasteiger partial charge in [-0.1, -0.05) is 123 Å². The SMILES string of the molecule is CCCCCCCCCCOC(=O)CCCCCCCC(C(O)CCCCCCCC)S(=O)(=O)O. The first kappa shape index (κ1) is 34.3. The van der Waals surface area contributed by atoms with Crippen molar-refractivity contribution in [3.05, 3.63) is 0 Å². The lowest BCUT2D eigenvalue weighted by atomic mass is 10.0. The topological polar surface area (TPSA) is 101 Å². The minimum atomic E-state index is -4.26. The van der Waals surface area contributed by atoms with Gasteiger partial charge in [0.2, 0.25) is 0 Å². The number of hydrogen-bond donors (Lipinski definition) is 2. The highest BCUT2D eigenvalue weighted by molar-refractivity contribution is 7.86. The Bertz CT molecular complexity index is 578. The van der Waals surface area contributed by atoms with Crippen LogP contribution in [0.25, 0.3) is 0 Å². The van der Waals surface area contributed by atoms with E-state index in [-0.39, 0.29) is 12.4 Å². The summed E-state index contributed by atoms with van der Waals surface area (Å²) in [6, 6.07) is 0. The minimum absolute atomic E-state index is 0.128. The van der Waals surface area contributed by atoms with Gasteiger partial charge in [0.1, 0.15) is 5.25 Å². The summed E-state index contributed by atoms with van der Waals surface area (Å²) < 4.78 is 38.3. The van der Waals surface area contributed by atoms with Crippen LogP contribution >= 0.6 is 0 Å². The molecule has 2 atom stereocenters. The van der Waals surface area contributed by atoms with Crippen LogP contribution in [-0.4, -0.2) is 42.0 Å². The van der Waals surface area contributed by atoms with E-state index in [4.69, 9.17) is 4.74 Å². The number of carbonyl (C=O) groups is 1. The number of aliphatic hydroxyl groups is 1. The fourth-order valence-electron chi connectivity index (χ4n) is 4.50. The fourth-order valence-corrected chi connectivity index (χ4v) is 5.50. The van der Waals surface area contributed by atoms with Crippen LogP contribution in [0.3, 0.4) is 0 Å². The summed E-state index contributed by atoms with van der Waals surface area (Å²) in [5, 5.41) is 9.23. The Morgan fingerprint density at radius 1 is 0.657 bits per heavy atom. The highest BCUT2D eigenvalue weighted by Crippen LogP contribution is 2.20. The Morgan fingerprint density at radius 3 is 1.60 bits per heavy atom. The summed E-state index contributed by atoms with van der Waals surface area (Å²) in [7, 11) is -4.26. The maximum atomic E-state index is 11.8. The molecule has 0 radical (unpaired) electrons. The Hall–Kier alpha value is -0.660. The molecule has 7 heteroatoms. The molecule has 0 aliphatic carbocycles. The molecule has 0 aromatic heterocycles. The molecular weight excluding hydrogens is 464 g/mol. The molecular formula is C28H56O6S. The Balaban J connectivity index is 3.77. The van der Waals surface area contributed by atoms with Crippen LogP contribution in [0.2, 0.25) is 0 Å². The summed E-state index contributed by atoms with van der Waals surface area (Å²) in [5.74, 6) is -0.128. The molecule has 6 nitrogen and oxygen atoms in total. The smallest absolute Gasteiger partial charge is 0.305 e. The van der Waals surface area contributed by atoms with Crippen molar-refractivity contribution in [1.82, 2.24) is 0 Å². The van der Waals surface area contributed by atoms with Crippen LogP contribution in [0, 0.1) is 0 Å². The molecule has 0 aromatic carbocycles. The van der Waals surface area contributed by atoms with Gasteiger partial charge < -0.3 is 9.84 Å². The van der Waals surface area contributed by atoms with Crippen LogP contribution in [-0.2, 0) is 19.6 Å². The number of carbonyl (C=O) groups excluding carboxylic acids is 1. The first-order valence-electron chi connectivity index (χ1n) is 14.6. The van der Waals surface area contributed by atoms with E-state index in [0.29, 0.717) is 25.9 Å². The third-order valence-electron chi connectivity index (χ3n) is 6.80. The highest BCUT2D eigenvalue weighted by Gasteiger charge is 2.29. The summed E-state index contributed by atoms with van der Waals surface area (Å²) in [6.45, 7) is 4.90. The largest absolute Gasteiger partial charge is 0.466 e. The average Bonchev–Trinajstić information content (AvgIpc) is 2.81. The van der Waals surface area contributed by atoms with Crippen LogP contribution in [0.15, 0.2) is 0 Å². The van der Waals surface area contributed by atoms with Crippen LogP contribution < -0.4 is 0 Å². The van der Waals surface area contributed by atoms with E-state index in [1.807, 2.05) is 0 Å². The zero-order valence-electron chi connectivity index (χ0n) is 22.9. The second-order valence-corrected chi connectivity index (χ2v) is 11.8. The van der Waals surface area contributed by atoms with Gasteiger partial charge in [0.05, 0.1) is 12.7 Å². The van der Waals surface area contributed by atoms with E-state index in [2.05, 4.69) is 13.8 Å². The van der Waals surface area contributed by atoms with Gasteiger partial charge in [-0.05, 0) is 25.7 Å². The van der Waals surface area contributed by atoms with Crippen molar-refractivity contribution >= 4 is 16.1 Å². The van der Waals surface area contributed by atoms with E-state index in [0.717, 1.165) is 57.8 Å². The Kier molecular flexibility index (Phi) is 23.3. The zero-order valence-corrected chi connectivity index (χ0v) is 23.7. The molecule has 210 valence electrons. The summed E-state index contributed by atoms with van der Waals surface area (Å²) in [4.78, 5) is 11.8. The average molecular weight is 521 g/mol. The van der Waals surface area contributed by atoms with Crippen LogP contribution in [0.4, 0.5) is 0 Å². The van der Waals surface area contributed by atoms with Gasteiger partial charge in [0, 0.05) is 6.42 Å². The minimum Gasteiger partial charge on any atom is -0.466 e. The van der Waals surface area contributed by atoms with Gasteiger partial charge >= 0.3 is 5.97 Å². The standard InChI is InChI=1S/C28H56O6S/c1-3-5-7-9-11-12-17-21-25-34-28(30)24-20-16-13-15-19-23-27(35(31,32)33)26(29)22-18-14-10-8-6-4-2/h26-27,29H,3-25H2,1-2H3,(H,31,32,33). The molecule has 35 heavy (non-hydrogen) atoms. The molecule has 0 fully saturated rings. The first-order valence-corrected chi connectivity index (χ1v) is 16.1. The lowest BCUT2D eigenvalue weighted by molar-refractivity contribution is -0.143. The van der Waals surface area contributed by atoms with E-state index in [9.17, 15) is 22.9 Å². The van der Waals surface area contributed by atoms with E-state index in [1.165, 1.54) is 57.8 Å². The Labute approximate surface area is 216 Å². The second kappa shape index (κ2) is 23.7. The third kappa shape index (κ3) is 22.3. The zero-order chi connectivity index (χ0) is 26.2. The van der Waals surface area contributed by atoms with Crippen LogP contribution in [0.1, 0.15) is 155 Å². The van der Waals surface area contributed by atoms with Crippen LogP contribution in [0.5, 0.6) is 0 Å². The number of ether oxygens (including phenoxy) is 1. The van der Waals surface area contributed by atoms with Crippen molar-refractivity contribution in [2.75, 3.05) is 6.61 Å². The maximum absolute atomic E-state index is 11.8. The molecule has 0 amide bonds. The van der Waals surface area contributed by atoms with Crippen molar-refractivity contribution in [3.8, 4) is 0 Å². The molecule has 0 saturated carbocycles. The van der Waals surface area contributed by atoms with Crippen molar-refractivity contribution in [1.29, 1.82) is 0 Å². The third-order valence-corrected chi connectivity index (χ3v) is 8.11. The lowest BCUT2D eigenvalue weighted by Gasteiger charge is -2.20.